The van der Waals surface area contributed by atoms with Gasteiger partial charge in [-0.05, 0) is 46.2 Å². The number of hydrogen-bond acceptors (Lipinski definition) is 5. The predicted octanol–water partition coefficient (Wildman–Crippen LogP) is 1.18. The zero-order valence-electron chi connectivity index (χ0n) is 13.2. The summed E-state index contributed by atoms with van der Waals surface area (Å²) in [6.45, 7) is 6.65. The van der Waals surface area contributed by atoms with Crippen LogP contribution >= 0.6 is 0 Å². The van der Waals surface area contributed by atoms with Crippen molar-refractivity contribution in [2.45, 2.75) is 52.1 Å². The molecule has 0 saturated carbocycles. The number of hydrogen-bond donors (Lipinski definition) is 0. The van der Waals surface area contributed by atoms with Crippen molar-refractivity contribution in [3.63, 3.8) is 0 Å². The highest BCUT2D eigenvalue weighted by atomic mass is 32.2. The van der Waals surface area contributed by atoms with Crippen molar-refractivity contribution in [1.29, 1.82) is 0 Å². The molecule has 1 aliphatic heterocycles. The van der Waals surface area contributed by atoms with E-state index in [2.05, 4.69) is 15.0 Å². The van der Waals surface area contributed by atoms with Crippen LogP contribution in [0.3, 0.4) is 0 Å². The molecule has 6 nitrogen and oxygen atoms in total. The number of likely N-dealkylation sites (tertiary alicyclic amines) is 1. The number of piperidine rings is 1. The van der Waals surface area contributed by atoms with Crippen molar-refractivity contribution >= 4 is 9.84 Å². The van der Waals surface area contributed by atoms with Gasteiger partial charge in [-0.3, -0.25) is 4.90 Å². The lowest BCUT2D eigenvalue weighted by Gasteiger charge is -2.35. The summed E-state index contributed by atoms with van der Waals surface area (Å²) in [7, 11) is -2.86. The van der Waals surface area contributed by atoms with E-state index >= 15 is 0 Å². The van der Waals surface area contributed by atoms with Crippen LogP contribution in [-0.4, -0.2) is 59.2 Å². The van der Waals surface area contributed by atoms with Gasteiger partial charge in [0.15, 0.2) is 0 Å². The molecule has 21 heavy (non-hydrogen) atoms. The van der Waals surface area contributed by atoms with Gasteiger partial charge in [0.2, 0.25) is 0 Å². The van der Waals surface area contributed by atoms with Crippen LogP contribution in [0.15, 0.2) is 0 Å². The van der Waals surface area contributed by atoms with Crippen molar-refractivity contribution < 1.29 is 8.42 Å². The molecule has 7 heteroatoms. The molecule has 0 N–H and O–H groups in total. The van der Waals surface area contributed by atoms with Gasteiger partial charge >= 0.3 is 0 Å². The lowest BCUT2D eigenvalue weighted by molar-refractivity contribution is 0.129. The van der Waals surface area contributed by atoms with E-state index in [1.165, 1.54) is 19.1 Å². The van der Waals surface area contributed by atoms with Gasteiger partial charge in [-0.2, -0.15) is 5.10 Å². The van der Waals surface area contributed by atoms with Crippen LogP contribution < -0.4 is 0 Å². The molecule has 1 aromatic rings. The maximum Gasteiger partial charge on any atom is 0.147 e. The minimum atomic E-state index is -2.86. The highest BCUT2D eigenvalue weighted by Gasteiger charge is 2.23. The van der Waals surface area contributed by atoms with Crippen molar-refractivity contribution in [2.24, 2.45) is 0 Å². The fourth-order valence-corrected chi connectivity index (χ4v) is 3.68. The van der Waals surface area contributed by atoms with Crippen LogP contribution in [0, 0.1) is 13.8 Å². The molecule has 2 heterocycles. The molecule has 0 spiro atoms. The molecule has 120 valence electrons. The third kappa shape index (κ3) is 5.07. The fourth-order valence-electron chi connectivity index (χ4n) is 3.02. The molecule has 1 aromatic heterocycles. The van der Waals surface area contributed by atoms with Gasteiger partial charge < -0.3 is 0 Å². The van der Waals surface area contributed by atoms with Crippen molar-refractivity contribution in [1.82, 2.24) is 19.7 Å². The second-order valence-corrected chi connectivity index (χ2v) is 8.32. The second kappa shape index (κ2) is 6.87. The van der Waals surface area contributed by atoms with Crippen LogP contribution in [0.1, 0.15) is 37.3 Å². The van der Waals surface area contributed by atoms with Gasteiger partial charge in [0.05, 0.1) is 12.3 Å². The summed E-state index contributed by atoms with van der Waals surface area (Å²) in [6, 6.07) is 0.443. The zero-order chi connectivity index (χ0) is 15.5. The molecule has 0 radical (unpaired) electrons. The maximum atomic E-state index is 11.3. The largest absolute Gasteiger partial charge is 0.299 e. The third-order valence-corrected chi connectivity index (χ3v) is 5.09. The van der Waals surface area contributed by atoms with Crippen LogP contribution in [0.5, 0.6) is 0 Å². The second-order valence-electron chi connectivity index (χ2n) is 6.06. The normalized spacial score (nSPS) is 20.8. The van der Waals surface area contributed by atoms with E-state index in [1.54, 1.807) is 0 Å². The number of aryl methyl sites for hydroxylation is 2. The van der Waals surface area contributed by atoms with Gasteiger partial charge in [0.1, 0.15) is 21.5 Å². The Labute approximate surface area is 127 Å². The van der Waals surface area contributed by atoms with E-state index in [9.17, 15) is 8.42 Å². The minimum absolute atomic E-state index is 0.275. The molecule has 1 aliphatic rings. The first kappa shape index (κ1) is 16.4. The number of rotatable bonds is 6. The van der Waals surface area contributed by atoms with Gasteiger partial charge in [0, 0.05) is 12.3 Å². The third-order valence-electron chi connectivity index (χ3n) is 4.06. The molecule has 0 unspecified atom stereocenters. The van der Waals surface area contributed by atoms with Crippen LogP contribution in [0.2, 0.25) is 0 Å². The molecule has 1 atom stereocenters. The summed E-state index contributed by atoms with van der Waals surface area (Å²) in [5.74, 6) is 2.04. The lowest BCUT2D eigenvalue weighted by atomic mass is 10.0. The Bertz CT molecular complexity index is 568. The Hall–Kier alpha value is -0.950. The fraction of sp³-hybridized carbons (Fsp3) is 0.857. The summed E-state index contributed by atoms with van der Waals surface area (Å²) in [5.41, 5.74) is 0. The highest BCUT2D eigenvalue weighted by molar-refractivity contribution is 7.90. The van der Waals surface area contributed by atoms with E-state index in [4.69, 9.17) is 0 Å². The smallest absolute Gasteiger partial charge is 0.147 e. The van der Waals surface area contributed by atoms with Gasteiger partial charge in [0.25, 0.3) is 0 Å². The Kier molecular flexibility index (Phi) is 5.37. The summed E-state index contributed by atoms with van der Waals surface area (Å²) >= 11 is 0. The first-order chi connectivity index (χ1) is 9.85. The molecule has 0 aromatic carbocycles. The Balaban J connectivity index is 1.94. The van der Waals surface area contributed by atoms with Crippen LogP contribution in [-0.2, 0) is 16.4 Å². The molecule has 1 fully saturated rings. The molecular formula is C14H26N4O2S. The average molecular weight is 314 g/mol. The van der Waals surface area contributed by atoms with E-state index in [0.29, 0.717) is 12.5 Å². The zero-order valence-corrected chi connectivity index (χ0v) is 14.1. The first-order valence-corrected chi connectivity index (χ1v) is 9.71. The van der Waals surface area contributed by atoms with E-state index in [-0.39, 0.29) is 5.75 Å². The molecule has 0 aliphatic carbocycles. The van der Waals surface area contributed by atoms with E-state index in [1.807, 2.05) is 18.5 Å². The average Bonchev–Trinajstić information content (AvgIpc) is 2.68. The maximum absolute atomic E-state index is 11.3. The van der Waals surface area contributed by atoms with Crippen LogP contribution in [0.25, 0.3) is 0 Å². The monoisotopic (exact) mass is 314 g/mol. The molecule has 1 saturated heterocycles. The lowest BCUT2D eigenvalue weighted by Crippen LogP contribution is -2.43. The Morgan fingerprint density at radius 3 is 2.67 bits per heavy atom. The first-order valence-electron chi connectivity index (χ1n) is 7.65. The van der Waals surface area contributed by atoms with Crippen molar-refractivity contribution in [3.8, 4) is 0 Å². The number of sulfone groups is 1. The SMILES string of the molecule is Cc1nc(C)n(C[C@H]2CCCCN2CCCS(C)(=O)=O)n1. The Morgan fingerprint density at radius 1 is 1.29 bits per heavy atom. The van der Waals surface area contributed by atoms with Crippen LogP contribution in [0.4, 0.5) is 0 Å². The minimum Gasteiger partial charge on any atom is -0.299 e. The topological polar surface area (TPSA) is 68.1 Å². The summed E-state index contributed by atoms with van der Waals surface area (Å²) < 4.78 is 24.5. The highest BCUT2D eigenvalue weighted by Crippen LogP contribution is 2.19. The molecule has 0 amide bonds. The van der Waals surface area contributed by atoms with Gasteiger partial charge in [-0.25, -0.2) is 18.1 Å². The van der Waals surface area contributed by atoms with Gasteiger partial charge in [-0.15, -0.1) is 0 Å². The summed E-state index contributed by atoms with van der Waals surface area (Å²) in [6.07, 6.45) is 5.61. The molecular weight excluding hydrogens is 288 g/mol. The molecule has 2 rings (SSSR count). The predicted molar refractivity (Wildman–Crippen MR) is 83.0 cm³/mol. The quantitative estimate of drug-likeness (QED) is 0.789. The summed E-state index contributed by atoms with van der Waals surface area (Å²) in [4.78, 5) is 6.77. The van der Waals surface area contributed by atoms with Gasteiger partial charge in [-0.1, -0.05) is 6.42 Å². The van der Waals surface area contributed by atoms with Crippen molar-refractivity contribution in [2.75, 3.05) is 25.1 Å². The molecule has 0 bridgehead atoms. The number of nitrogens with zero attached hydrogens (tertiary/aromatic N) is 4. The number of aromatic nitrogens is 3. The Morgan fingerprint density at radius 2 is 2.05 bits per heavy atom. The van der Waals surface area contributed by atoms with Crippen molar-refractivity contribution in [3.05, 3.63) is 11.6 Å². The van der Waals surface area contributed by atoms with E-state index in [0.717, 1.165) is 37.7 Å². The van der Waals surface area contributed by atoms with E-state index < -0.39 is 9.84 Å². The summed E-state index contributed by atoms with van der Waals surface area (Å²) in [5, 5.41) is 4.44. The standard InChI is InChI=1S/C14H26N4O2S/c1-12-15-13(2)18(16-12)11-14-7-4-5-8-17(14)9-6-10-21(3,19)20/h14H,4-11H2,1-3H3/t14-/m1/s1.